The molecule has 0 heterocycles. The van der Waals surface area contributed by atoms with E-state index in [0.717, 1.165) is 0 Å². The average Bonchev–Trinajstić information content (AvgIpc) is 0.722. The molecule has 0 aliphatic heterocycles. The van der Waals surface area contributed by atoms with Crippen molar-refractivity contribution in [3.63, 3.8) is 0 Å². The Morgan fingerprint density at radius 1 is 0.714 bits per heavy atom. The molecule has 0 bridgehead atoms. The van der Waals surface area contributed by atoms with Gasteiger partial charge in [0.05, 0.1) is 0 Å². The van der Waals surface area contributed by atoms with Gasteiger partial charge in [-0.05, 0) is 0 Å². The van der Waals surface area contributed by atoms with Crippen LogP contribution < -0.4 is 0 Å². The molecule has 0 aromatic heterocycles. The zero-order chi connectivity index (χ0) is 4.50. The summed E-state index contributed by atoms with van der Waals surface area (Å²) in [4.78, 5) is 0. The van der Waals surface area contributed by atoms with Crippen molar-refractivity contribution in [2.75, 3.05) is 0 Å². The Bertz CT molecular complexity index is 22.4. The molecule has 0 amide bonds. The lowest BCUT2D eigenvalue weighted by atomic mass is 11.8. The van der Waals surface area contributed by atoms with Gasteiger partial charge in [-0.15, -0.1) is 0 Å². The second-order valence-corrected chi connectivity index (χ2v) is 3.86. The predicted molar refractivity (Wildman–Crippen MR) is 39.6 cm³/mol. The quantitative estimate of drug-likeness (QED) is 0.504. The maximum absolute atomic E-state index is 4.83. The smallest absolute Gasteiger partial charge is 0.0776 e. The predicted octanol–water partition coefficient (Wildman–Crippen LogP) is 3.83. The molecule has 0 saturated heterocycles. The molecular weight excluding hydrogens is 178 g/mol. The monoisotopic (exact) mass is 184 g/mol. The van der Waals surface area contributed by atoms with Gasteiger partial charge in [0.1, 0.15) is 0 Å². The first-order chi connectivity index (χ1) is 2.00. The minimum atomic E-state index is -1.61. The molecule has 0 aromatic rings. The van der Waals surface area contributed by atoms with Gasteiger partial charge in [0.25, 0.3) is 3.25 Å². The van der Waals surface area contributed by atoms with Crippen LogP contribution in [0.2, 0.25) is 0 Å². The van der Waals surface area contributed by atoms with Crippen LogP contribution in [0.3, 0.4) is 0 Å². The second-order valence-electron chi connectivity index (χ2n) is 0.429. The lowest BCUT2D eigenvalue weighted by Crippen LogP contribution is -1.81. The number of hydrogen-bond acceptors (Lipinski definition) is 0. The molecule has 0 spiro atoms. The third-order valence-electron chi connectivity index (χ3n) is 0. The molecule has 0 N–H and O–H groups in total. The highest BCUT2D eigenvalue weighted by atomic mass is 35.6. The molecule has 48 valence electrons. The van der Waals surface area contributed by atoms with Crippen LogP contribution in [0, 0.1) is 0 Å². The third-order valence-corrected chi connectivity index (χ3v) is 0. The summed E-state index contributed by atoms with van der Waals surface area (Å²) in [7, 11) is 0. The highest BCUT2D eigenvalue weighted by molar-refractivity contribution is 6.83. The summed E-state index contributed by atoms with van der Waals surface area (Å²) in [6, 6.07) is 0. The van der Waals surface area contributed by atoms with Crippen molar-refractivity contribution in [2.24, 2.45) is 0 Å². The summed E-state index contributed by atoms with van der Waals surface area (Å²) in [6.07, 6.45) is 0. The fraction of sp³-hybridized carbons (Fsp3) is 1.00. The first kappa shape index (κ1) is 15.7. The van der Waals surface area contributed by atoms with Crippen LogP contribution in [-0.4, -0.2) is 3.25 Å². The van der Waals surface area contributed by atoms with Crippen LogP contribution in [0.4, 0.5) is 0 Å². The van der Waals surface area contributed by atoms with Crippen LogP contribution >= 0.6 is 46.4 Å². The van der Waals surface area contributed by atoms with E-state index in [4.69, 9.17) is 46.4 Å². The highest BCUT2D eigenvalue weighted by Gasteiger charge is 2.11. The Morgan fingerprint density at radius 2 is 0.714 bits per heavy atom. The van der Waals surface area contributed by atoms with E-state index in [-0.39, 0.29) is 14.9 Å². The van der Waals surface area contributed by atoms with E-state index in [0.29, 0.717) is 0 Å². The molecule has 0 nitrogen and oxygen atoms in total. The molecule has 0 fully saturated rings. The van der Waals surface area contributed by atoms with Crippen LogP contribution in [0.15, 0.2) is 0 Å². The van der Waals surface area contributed by atoms with Gasteiger partial charge in [0.15, 0.2) is 0 Å². The maximum Gasteiger partial charge on any atom is 0.266 e. The number of hydrogen-bond donors (Lipinski definition) is 0. The molecule has 0 aliphatic carbocycles. The molecule has 0 unspecified atom stereocenters. The Balaban J connectivity index is -0.0000000800. The first-order valence-corrected chi connectivity index (χ1v) is 2.27. The van der Waals surface area contributed by atoms with Crippen molar-refractivity contribution in [1.82, 2.24) is 0 Å². The van der Waals surface area contributed by atoms with Crippen LogP contribution in [0.25, 0.3) is 0 Å². The molecule has 0 aliphatic rings. The van der Waals surface area contributed by atoms with Gasteiger partial charge < -0.3 is 0 Å². The Labute approximate surface area is 64.7 Å². The summed E-state index contributed by atoms with van der Waals surface area (Å²) < 4.78 is -1.61. The summed E-state index contributed by atoms with van der Waals surface area (Å²) in [6.45, 7) is 0. The fourth-order valence-corrected chi connectivity index (χ4v) is 0. The van der Waals surface area contributed by atoms with Gasteiger partial charge in [-0.1, -0.05) is 61.3 Å². The second kappa shape index (κ2) is 5.30. The van der Waals surface area contributed by atoms with Crippen LogP contribution in [0.5, 0.6) is 0 Å². The van der Waals surface area contributed by atoms with Gasteiger partial charge in [0, 0.05) is 0 Å². The molecule has 0 rings (SSSR count). The van der Waals surface area contributed by atoms with E-state index in [1.807, 2.05) is 0 Å². The van der Waals surface area contributed by atoms with E-state index >= 15 is 0 Å². The number of rotatable bonds is 0. The molecule has 7 heavy (non-hydrogen) atoms. The fourth-order valence-electron chi connectivity index (χ4n) is 0. The van der Waals surface area contributed by atoms with Crippen molar-refractivity contribution < 1.29 is 0 Å². The summed E-state index contributed by atoms with van der Waals surface area (Å²) >= 11 is 19.3. The summed E-state index contributed by atoms with van der Waals surface area (Å²) in [5.74, 6) is 0. The Kier molecular flexibility index (Phi) is 11.9. The Morgan fingerprint density at radius 3 is 0.714 bits per heavy atom. The topological polar surface area (TPSA) is 0 Å². The van der Waals surface area contributed by atoms with Gasteiger partial charge in [-0.3, -0.25) is 0 Å². The lowest BCUT2D eigenvalue weighted by Gasteiger charge is -1.91. The highest BCUT2D eigenvalue weighted by Crippen LogP contribution is 2.29. The zero-order valence-electron chi connectivity index (χ0n) is 2.01. The van der Waals surface area contributed by atoms with E-state index in [2.05, 4.69) is 0 Å². The first-order valence-electron chi connectivity index (χ1n) is 0.756. The van der Waals surface area contributed by atoms with Crippen LogP contribution in [0.1, 0.15) is 14.9 Å². The van der Waals surface area contributed by atoms with Gasteiger partial charge in [-0.2, -0.15) is 0 Å². The van der Waals surface area contributed by atoms with Crippen molar-refractivity contribution in [3.8, 4) is 0 Å². The van der Waals surface area contributed by atoms with Crippen molar-refractivity contribution in [3.05, 3.63) is 0 Å². The standard InChI is InChI=1S/CCl4.2CH4/c2-1(3,4)5;;/h;2*1H4. The van der Waals surface area contributed by atoms with Gasteiger partial charge in [-0.25, -0.2) is 0 Å². The maximum atomic E-state index is 4.83. The number of halogens is 4. The zero-order valence-corrected chi connectivity index (χ0v) is 5.04. The van der Waals surface area contributed by atoms with Gasteiger partial charge in [0.2, 0.25) is 0 Å². The SMILES string of the molecule is C.C.ClC(Cl)(Cl)Cl. The molecule has 0 atom stereocenters. The molecule has 0 aromatic carbocycles. The molecule has 0 saturated carbocycles. The number of alkyl halides is 4. The third kappa shape index (κ3) is 142. The lowest BCUT2D eigenvalue weighted by molar-refractivity contribution is 1.76. The summed E-state index contributed by atoms with van der Waals surface area (Å²) in [5, 5.41) is 0. The molecule has 4 heteroatoms. The Hall–Kier alpha value is 1.16. The van der Waals surface area contributed by atoms with Crippen molar-refractivity contribution in [1.29, 1.82) is 0 Å². The minimum absolute atomic E-state index is 0. The van der Waals surface area contributed by atoms with Crippen LogP contribution in [-0.2, 0) is 0 Å². The average molecular weight is 186 g/mol. The van der Waals surface area contributed by atoms with Crippen molar-refractivity contribution in [2.45, 2.75) is 18.1 Å². The van der Waals surface area contributed by atoms with Gasteiger partial charge >= 0.3 is 0 Å². The normalized spacial score (nSPS) is 8.57. The summed E-state index contributed by atoms with van der Waals surface area (Å²) in [5.41, 5.74) is 0. The van der Waals surface area contributed by atoms with E-state index in [1.54, 1.807) is 0 Å². The largest absolute Gasteiger partial charge is 0.266 e. The molecule has 0 radical (unpaired) electrons. The minimum Gasteiger partial charge on any atom is -0.0776 e. The van der Waals surface area contributed by atoms with E-state index < -0.39 is 3.25 Å². The van der Waals surface area contributed by atoms with E-state index in [1.165, 1.54) is 0 Å². The van der Waals surface area contributed by atoms with E-state index in [9.17, 15) is 0 Å². The van der Waals surface area contributed by atoms with Crippen molar-refractivity contribution >= 4 is 46.4 Å². The molecular formula is C3H8Cl4.